The fraction of sp³-hybridized carbons (Fsp3) is 0.214. The van der Waals surface area contributed by atoms with Crippen LogP contribution in [0.25, 0.3) is 0 Å². The summed E-state index contributed by atoms with van der Waals surface area (Å²) in [7, 11) is 0. The highest BCUT2D eigenvalue weighted by Crippen LogP contribution is 2.17. The summed E-state index contributed by atoms with van der Waals surface area (Å²) in [6, 6.07) is 7.28. The monoisotopic (exact) mass is 288 g/mol. The van der Waals surface area contributed by atoms with Gasteiger partial charge in [0, 0.05) is 18.2 Å². The van der Waals surface area contributed by atoms with Crippen molar-refractivity contribution in [3.63, 3.8) is 0 Å². The molecule has 0 unspecified atom stereocenters. The van der Waals surface area contributed by atoms with E-state index in [0.29, 0.717) is 16.5 Å². The van der Waals surface area contributed by atoms with Crippen molar-refractivity contribution in [3.8, 4) is 0 Å². The highest BCUT2D eigenvalue weighted by molar-refractivity contribution is 6.29. The maximum Gasteiger partial charge on any atom is 0.256 e. The van der Waals surface area contributed by atoms with Gasteiger partial charge in [0.2, 0.25) is 0 Å². The lowest BCUT2D eigenvalue weighted by Gasteiger charge is -2.17. The first-order valence-corrected chi connectivity index (χ1v) is 6.71. The number of nitrogens with zero attached hydrogens (tertiary/aromatic N) is 2. The molecule has 6 heteroatoms. The van der Waals surface area contributed by atoms with Gasteiger partial charge in [0.25, 0.3) is 5.91 Å². The fourth-order valence-corrected chi connectivity index (χ4v) is 2.36. The minimum Gasteiger partial charge on any atom is -0.312 e. The number of carbonyl (C=O) groups excluding carboxylic acids is 1. The van der Waals surface area contributed by atoms with Gasteiger partial charge in [0.15, 0.2) is 0 Å². The Labute approximate surface area is 121 Å². The van der Waals surface area contributed by atoms with Gasteiger partial charge in [-0.25, -0.2) is 9.97 Å². The lowest BCUT2D eigenvalue weighted by atomic mass is 9.98. The molecule has 2 aromatic rings. The van der Waals surface area contributed by atoms with Crippen LogP contribution in [0.5, 0.6) is 0 Å². The summed E-state index contributed by atoms with van der Waals surface area (Å²) in [5.74, 6) is 0.194. The van der Waals surface area contributed by atoms with Gasteiger partial charge in [0.1, 0.15) is 17.3 Å². The molecule has 0 saturated heterocycles. The average molecular weight is 289 g/mol. The number of anilines is 1. The molecule has 1 aromatic carbocycles. The van der Waals surface area contributed by atoms with Crippen LogP contribution in [0.3, 0.4) is 0 Å². The van der Waals surface area contributed by atoms with Crippen LogP contribution in [0.4, 0.5) is 5.82 Å². The Balaban J connectivity index is 1.80. The molecule has 1 amide bonds. The van der Waals surface area contributed by atoms with Crippen molar-refractivity contribution in [3.05, 3.63) is 52.4 Å². The zero-order chi connectivity index (χ0) is 13.9. The van der Waals surface area contributed by atoms with Gasteiger partial charge >= 0.3 is 0 Å². The molecule has 0 saturated carbocycles. The van der Waals surface area contributed by atoms with Gasteiger partial charge in [-0.15, -0.1) is 0 Å². The number of rotatable bonds is 2. The Morgan fingerprint density at radius 3 is 3.00 bits per heavy atom. The molecule has 0 spiro atoms. The van der Waals surface area contributed by atoms with Gasteiger partial charge in [-0.3, -0.25) is 4.79 Å². The van der Waals surface area contributed by atoms with E-state index in [1.807, 2.05) is 18.2 Å². The predicted octanol–water partition coefficient (Wildman–Crippen LogP) is 2.03. The summed E-state index contributed by atoms with van der Waals surface area (Å²) in [4.78, 5) is 19.9. The largest absolute Gasteiger partial charge is 0.312 e. The van der Waals surface area contributed by atoms with E-state index < -0.39 is 0 Å². The lowest BCUT2D eigenvalue weighted by molar-refractivity contribution is 0.102. The predicted molar refractivity (Wildman–Crippen MR) is 76.8 cm³/mol. The number of nitrogens with one attached hydrogen (secondary N) is 2. The molecule has 2 heterocycles. The molecule has 1 aliphatic rings. The summed E-state index contributed by atoms with van der Waals surface area (Å²) in [5, 5.41) is 6.30. The third-order valence-corrected chi connectivity index (χ3v) is 3.44. The van der Waals surface area contributed by atoms with Crippen LogP contribution in [0.2, 0.25) is 5.15 Å². The van der Waals surface area contributed by atoms with E-state index in [1.165, 1.54) is 23.5 Å². The number of hydrogen-bond acceptors (Lipinski definition) is 4. The second kappa shape index (κ2) is 5.56. The van der Waals surface area contributed by atoms with E-state index in [4.69, 9.17) is 11.6 Å². The number of halogens is 1. The number of benzene rings is 1. The van der Waals surface area contributed by atoms with Crippen LogP contribution in [0, 0.1) is 0 Å². The molecule has 1 aliphatic heterocycles. The number of hydrogen-bond donors (Lipinski definition) is 2. The smallest absolute Gasteiger partial charge is 0.256 e. The first-order chi connectivity index (χ1) is 9.72. The zero-order valence-corrected chi connectivity index (χ0v) is 11.4. The number of fused-ring (bicyclic) bond motifs is 1. The third kappa shape index (κ3) is 2.79. The van der Waals surface area contributed by atoms with Crippen LogP contribution in [0.1, 0.15) is 21.5 Å². The van der Waals surface area contributed by atoms with Crippen LogP contribution < -0.4 is 10.6 Å². The summed E-state index contributed by atoms with van der Waals surface area (Å²) in [5.41, 5.74) is 3.08. The fourth-order valence-electron chi connectivity index (χ4n) is 2.21. The third-order valence-electron chi connectivity index (χ3n) is 3.23. The molecule has 2 N–H and O–H groups in total. The van der Waals surface area contributed by atoms with Crippen LogP contribution in [-0.4, -0.2) is 22.4 Å². The van der Waals surface area contributed by atoms with Crippen molar-refractivity contribution in [2.45, 2.75) is 13.0 Å². The molecule has 0 atom stereocenters. The SMILES string of the molecule is O=C(Nc1cc(Cl)ncn1)c1ccc2c(c1)CNCC2. The highest BCUT2D eigenvalue weighted by Gasteiger charge is 2.13. The molecular formula is C14H13ClN4O. The van der Waals surface area contributed by atoms with Gasteiger partial charge in [-0.05, 0) is 36.2 Å². The molecular weight excluding hydrogens is 276 g/mol. The number of carbonyl (C=O) groups is 1. The number of amides is 1. The molecule has 0 bridgehead atoms. The molecule has 0 fully saturated rings. The molecule has 0 radical (unpaired) electrons. The molecule has 20 heavy (non-hydrogen) atoms. The maximum absolute atomic E-state index is 12.2. The van der Waals surface area contributed by atoms with Crippen LogP contribution in [0.15, 0.2) is 30.6 Å². The summed E-state index contributed by atoms with van der Waals surface area (Å²) >= 11 is 5.76. The quantitative estimate of drug-likeness (QED) is 0.830. The Morgan fingerprint density at radius 2 is 2.15 bits per heavy atom. The molecule has 5 nitrogen and oxygen atoms in total. The van der Waals surface area contributed by atoms with Crippen molar-refractivity contribution in [1.82, 2.24) is 15.3 Å². The second-order valence-electron chi connectivity index (χ2n) is 4.59. The first kappa shape index (κ1) is 13.0. The molecule has 3 rings (SSSR count). The lowest BCUT2D eigenvalue weighted by Crippen LogP contribution is -2.24. The first-order valence-electron chi connectivity index (χ1n) is 6.34. The van der Waals surface area contributed by atoms with E-state index in [2.05, 4.69) is 20.6 Å². The maximum atomic E-state index is 12.2. The molecule has 0 aliphatic carbocycles. The van der Waals surface area contributed by atoms with E-state index in [0.717, 1.165) is 19.5 Å². The Morgan fingerprint density at radius 1 is 1.25 bits per heavy atom. The topological polar surface area (TPSA) is 66.9 Å². The van der Waals surface area contributed by atoms with E-state index >= 15 is 0 Å². The van der Waals surface area contributed by atoms with Gasteiger partial charge in [0.05, 0.1) is 0 Å². The Bertz CT molecular complexity index is 659. The second-order valence-corrected chi connectivity index (χ2v) is 4.98. The summed E-state index contributed by atoms with van der Waals surface area (Å²) < 4.78 is 0. The number of aromatic nitrogens is 2. The minimum atomic E-state index is -0.201. The van der Waals surface area contributed by atoms with E-state index in [1.54, 1.807) is 0 Å². The highest BCUT2D eigenvalue weighted by atomic mass is 35.5. The molecule has 102 valence electrons. The van der Waals surface area contributed by atoms with Gasteiger partial charge < -0.3 is 10.6 Å². The Hall–Kier alpha value is -1.98. The summed E-state index contributed by atoms with van der Waals surface area (Å²) in [6.45, 7) is 1.79. The normalized spacial score (nSPS) is 13.7. The Kier molecular flexibility index (Phi) is 3.62. The minimum absolute atomic E-state index is 0.201. The van der Waals surface area contributed by atoms with Crippen LogP contribution in [-0.2, 0) is 13.0 Å². The van der Waals surface area contributed by atoms with Crippen molar-refractivity contribution in [1.29, 1.82) is 0 Å². The van der Waals surface area contributed by atoms with E-state index in [9.17, 15) is 4.79 Å². The van der Waals surface area contributed by atoms with Crippen molar-refractivity contribution >= 4 is 23.3 Å². The van der Waals surface area contributed by atoms with E-state index in [-0.39, 0.29) is 5.91 Å². The van der Waals surface area contributed by atoms with Crippen LogP contribution >= 0.6 is 11.6 Å². The van der Waals surface area contributed by atoms with Crippen molar-refractivity contribution in [2.24, 2.45) is 0 Å². The summed E-state index contributed by atoms with van der Waals surface area (Å²) in [6.07, 6.45) is 2.31. The standard InChI is InChI=1S/C14H13ClN4O/c15-12-6-13(18-8-17-12)19-14(20)10-2-1-9-3-4-16-7-11(9)5-10/h1-2,5-6,8,16H,3-4,7H2,(H,17,18,19,20). The van der Waals surface area contributed by atoms with Crippen molar-refractivity contribution in [2.75, 3.05) is 11.9 Å². The average Bonchev–Trinajstić information content (AvgIpc) is 2.47. The molecule has 1 aromatic heterocycles. The van der Waals surface area contributed by atoms with Crippen molar-refractivity contribution < 1.29 is 4.79 Å². The van der Waals surface area contributed by atoms with Gasteiger partial charge in [-0.2, -0.15) is 0 Å². The zero-order valence-electron chi connectivity index (χ0n) is 10.7. The van der Waals surface area contributed by atoms with Gasteiger partial charge in [-0.1, -0.05) is 17.7 Å².